The summed E-state index contributed by atoms with van der Waals surface area (Å²) >= 11 is 0. The van der Waals surface area contributed by atoms with Crippen molar-refractivity contribution in [2.24, 2.45) is 12.5 Å². The average Bonchev–Trinajstić information content (AvgIpc) is 3.15. The summed E-state index contributed by atoms with van der Waals surface area (Å²) in [7, 11) is 1.92. The predicted molar refractivity (Wildman–Crippen MR) is 140 cm³/mol. The lowest BCUT2D eigenvalue weighted by atomic mass is 9.54. The minimum Gasteiger partial charge on any atom is -0.200 e. The molecule has 0 spiro atoms. The molecular weight excluding hydrogens is 398 g/mol. The van der Waals surface area contributed by atoms with Crippen LogP contribution in [0.3, 0.4) is 0 Å². The van der Waals surface area contributed by atoms with E-state index in [0.29, 0.717) is 5.56 Å². The number of aromatic nitrogens is 1. The Bertz CT molecular complexity index is 1500. The van der Waals surface area contributed by atoms with Crippen LogP contribution in [-0.2, 0) is 30.7 Å². The van der Waals surface area contributed by atoms with E-state index < -0.39 is 24.1 Å². The van der Waals surface area contributed by atoms with Crippen molar-refractivity contribution in [2.75, 3.05) is 0 Å². The van der Waals surface area contributed by atoms with Gasteiger partial charge in [-0.1, -0.05) is 78.8 Å². The summed E-state index contributed by atoms with van der Waals surface area (Å²) in [4.78, 5) is 0. The van der Waals surface area contributed by atoms with E-state index in [9.17, 15) is 2.74 Å². The second-order valence-corrected chi connectivity index (χ2v) is 12.2. The van der Waals surface area contributed by atoms with E-state index in [1.807, 2.05) is 32.4 Å². The van der Waals surface area contributed by atoms with Crippen molar-refractivity contribution >= 4 is 0 Å². The van der Waals surface area contributed by atoms with Gasteiger partial charge in [0.25, 0.3) is 0 Å². The lowest BCUT2D eigenvalue weighted by Gasteiger charge is -2.48. The molecule has 2 aliphatic carbocycles. The lowest BCUT2D eigenvalue weighted by molar-refractivity contribution is -0.661. The number of hydrogen-bond acceptors (Lipinski definition) is 0. The molecule has 172 valence electrons. The summed E-state index contributed by atoms with van der Waals surface area (Å²) in [6, 6.07) is 11.0. The molecule has 2 aromatic carbocycles. The van der Waals surface area contributed by atoms with Gasteiger partial charge in [-0.2, -0.15) is 0 Å². The van der Waals surface area contributed by atoms with Gasteiger partial charge >= 0.3 is 0 Å². The third kappa shape index (κ3) is 3.00. The van der Waals surface area contributed by atoms with Gasteiger partial charge in [-0.05, 0) is 76.3 Å². The average molecular weight is 444 g/mol. The van der Waals surface area contributed by atoms with E-state index in [4.69, 9.17) is 4.11 Å². The van der Waals surface area contributed by atoms with E-state index in [1.165, 1.54) is 33.4 Å². The van der Waals surface area contributed by atoms with Crippen LogP contribution in [0, 0.1) is 19.2 Å². The van der Waals surface area contributed by atoms with Crippen molar-refractivity contribution in [3.05, 3.63) is 75.5 Å². The maximum absolute atomic E-state index is 9.42. The molecule has 0 N–H and O–H groups in total. The first kappa shape index (κ1) is 17.1. The highest BCUT2D eigenvalue weighted by molar-refractivity contribution is 5.88. The molecule has 1 aromatic heterocycles. The van der Waals surface area contributed by atoms with E-state index >= 15 is 0 Å². The molecule has 0 atom stereocenters. The highest BCUT2D eigenvalue weighted by atomic mass is 14.9. The Morgan fingerprint density at radius 3 is 2.39 bits per heavy atom. The summed E-state index contributed by atoms with van der Waals surface area (Å²) < 4.78 is 46.2. The van der Waals surface area contributed by atoms with Crippen LogP contribution in [0.25, 0.3) is 22.4 Å². The Balaban J connectivity index is 2.02. The zero-order valence-corrected chi connectivity index (χ0v) is 21.6. The normalized spacial score (nSPS) is 20.3. The number of nitrogens with zero attached hydrogens (tertiary/aromatic N) is 1. The van der Waals surface area contributed by atoms with Gasteiger partial charge in [0.15, 0.2) is 6.20 Å². The van der Waals surface area contributed by atoms with Crippen LogP contribution in [0.5, 0.6) is 0 Å². The van der Waals surface area contributed by atoms with E-state index in [-0.39, 0.29) is 11.0 Å². The fourth-order valence-electron chi connectivity index (χ4n) is 6.14. The third-order valence-corrected chi connectivity index (χ3v) is 8.36. The number of rotatable bonds is 1. The summed E-state index contributed by atoms with van der Waals surface area (Å²) in [5, 5.41) is 0. The molecule has 0 bridgehead atoms. The van der Waals surface area contributed by atoms with Gasteiger partial charge in [0.05, 0.1) is 5.56 Å². The van der Waals surface area contributed by atoms with Crippen LogP contribution < -0.4 is 4.57 Å². The molecule has 0 fully saturated rings. The van der Waals surface area contributed by atoms with Gasteiger partial charge in [0.2, 0.25) is 5.69 Å². The fraction of sp³-hybridized carbons (Fsp3) is 0.469. The molecule has 5 rings (SSSR count). The van der Waals surface area contributed by atoms with E-state index in [1.54, 1.807) is 6.20 Å². The Hall–Kier alpha value is -2.41. The Labute approximate surface area is 207 Å². The van der Waals surface area contributed by atoms with Crippen LogP contribution >= 0.6 is 0 Å². The molecule has 0 radical (unpaired) electrons. The Morgan fingerprint density at radius 1 is 1.03 bits per heavy atom. The number of fused-ring (bicyclic) bond motifs is 6. The summed E-state index contributed by atoms with van der Waals surface area (Å²) in [6.45, 7) is 14.1. The van der Waals surface area contributed by atoms with Gasteiger partial charge in [-0.25, -0.2) is 4.57 Å². The van der Waals surface area contributed by atoms with Crippen molar-refractivity contribution in [3.63, 3.8) is 0 Å². The highest BCUT2D eigenvalue weighted by Gasteiger charge is 2.52. The molecule has 3 aromatic rings. The number of benzene rings is 2. The summed E-state index contributed by atoms with van der Waals surface area (Å²) in [5.41, 5.74) is 9.20. The first-order chi connectivity index (χ1) is 17.2. The second kappa shape index (κ2) is 6.81. The van der Waals surface area contributed by atoms with E-state index in [2.05, 4.69) is 65.0 Å². The minimum absolute atomic E-state index is 0.107. The Morgan fingerprint density at radius 2 is 1.73 bits per heavy atom. The van der Waals surface area contributed by atoms with Gasteiger partial charge in [0.1, 0.15) is 7.05 Å². The maximum Gasteiger partial charge on any atom is 0.216 e. The molecule has 0 saturated carbocycles. The predicted octanol–water partition coefficient (Wildman–Crippen LogP) is 7.52. The standard InChI is InChI=1S/C32H40N/c1-19-18-33(10)29-27-20(2)26-22(15-21-13-11-12-14-23(21)26)16-25(27)31(6,7)32(8,9)28(29)24(19)17-30(3,4)5/h11-14,16,18H,15,17H2,1-10H3/q+1/i1D3,17D2. The van der Waals surface area contributed by atoms with Crippen molar-refractivity contribution in [2.45, 2.75) is 85.9 Å². The SMILES string of the molecule is [2H]C([2H])([2H])c1c[n+](C)c2c(c1C([2H])([2H])C(C)(C)C)C(C)(C)C(C)(C)c1cc3c(c(C)c1-2)-c1ccccc1C3. The third-order valence-electron chi connectivity index (χ3n) is 8.36. The number of hydrogen-bond donors (Lipinski definition) is 0. The van der Waals surface area contributed by atoms with Gasteiger partial charge in [0, 0.05) is 23.4 Å². The van der Waals surface area contributed by atoms with E-state index in [0.717, 1.165) is 23.2 Å². The zero-order chi connectivity index (χ0) is 28.4. The van der Waals surface area contributed by atoms with Crippen LogP contribution in [0.4, 0.5) is 0 Å². The van der Waals surface area contributed by atoms with Crippen LogP contribution in [0.2, 0.25) is 0 Å². The minimum atomic E-state index is -2.45. The smallest absolute Gasteiger partial charge is 0.200 e. The molecule has 0 aliphatic heterocycles. The van der Waals surface area contributed by atoms with Crippen LogP contribution in [0.1, 0.15) is 94.3 Å². The van der Waals surface area contributed by atoms with Crippen molar-refractivity contribution in [3.8, 4) is 22.4 Å². The van der Waals surface area contributed by atoms with Crippen molar-refractivity contribution in [1.82, 2.24) is 0 Å². The first-order valence-corrected chi connectivity index (χ1v) is 12.1. The largest absolute Gasteiger partial charge is 0.216 e. The Kier molecular flexibility index (Phi) is 3.53. The molecule has 0 saturated heterocycles. The first-order valence-electron chi connectivity index (χ1n) is 14.6. The molecule has 0 unspecified atom stereocenters. The zero-order valence-electron chi connectivity index (χ0n) is 26.6. The van der Waals surface area contributed by atoms with Crippen LogP contribution in [-0.4, -0.2) is 0 Å². The molecule has 2 aliphatic rings. The van der Waals surface area contributed by atoms with Gasteiger partial charge in [-0.3, -0.25) is 0 Å². The van der Waals surface area contributed by atoms with Gasteiger partial charge < -0.3 is 0 Å². The lowest BCUT2D eigenvalue weighted by Crippen LogP contribution is -2.49. The topological polar surface area (TPSA) is 3.88 Å². The summed E-state index contributed by atoms with van der Waals surface area (Å²) in [5.74, 6) is 0. The highest BCUT2D eigenvalue weighted by Crippen LogP contribution is 2.57. The van der Waals surface area contributed by atoms with Crippen molar-refractivity contribution < 1.29 is 11.4 Å². The molecule has 33 heavy (non-hydrogen) atoms. The maximum atomic E-state index is 9.42. The summed E-state index contributed by atoms with van der Waals surface area (Å²) in [6.07, 6.45) is 0.700. The monoisotopic (exact) mass is 443 g/mol. The fourth-order valence-corrected chi connectivity index (χ4v) is 6.14. The number of aryl methyl sites for hydroxylation is 2. The molecule has 1 heterocycles. The second-order valence-electron chi connectivity index (χ2n) is 12.2. The molecular formula is C32H40N+. The van der Waals surface area contributed by atoms with Crippen LogP contribution in [0.15, 0.2) is 36.5 Å². The number of pyridine rings is 1. The van der Waals surface area contributed by atoms with Gasteiger partial charge in [-0.15, -0.1) is 0 Å². The molecule has 1 nitrogen and oxygen atoms in total. The quantitative estimate of drug-likeness (QED) is 0.268. The van der Waals surface area contributed by atoms with Crippen molar-refractivity contribution in [1.29, 1.82) is 0 Å². The molecule has 1 heteroatoms. The molecule has 0 amide bonds.